The maximum absolute atomic E-state index is 12.4. The van der Waals surface area contributed by atoms with E-state index in [1.54, 1.807) is 19.9 Å². The fraction of sp³-hybridized carbons (Fsp3) is 0.308. The van der Waals surface area contributed by atoms with E-state index in [0.29, 0.717) is 11.5 Å². The lowest BCUT2D eigenvalue weighted by Crippen LogP contribution is -2.14. The second-order valence-electron chi connectivity index (χ2n) is 4.40. The highest BCUT2D eigenvalue weighted by atomic mass is 32.2. The van der Waals surface area contributed by atoms with Crippen molar-refractivity contribution in [2.24, 2.45) is 0 Å². The predicted molar refractivity (Wildman–Crippen MR) is 76.3 cm³/mol. The van der Waals surface area contributed by atoms with Gasteiger partial charge in [-0.05, 0) is 25.5 Å². The number of anilines is 1. The zero-order valence-electron chi connectivity index (χ0n) is 12.1. The summed E-state index contributed by atoms with van der Waals surface area (Å²) in [6.07, 6.45) is 0. The minimum absolute atomic E-state index is 0.0342. The van der Waals surface area contributed by atoms with Crippen LogP contribution in [0.1, 0.15) is 11.3 Å². The Hall–Kier alpha value is -2.22. The maximum atomic E-state index is 12.4. The summed E-state index contributed by atoms with van der Waals surface area (Å²) in [7, 11) is -0.994. The Morgan fingerprint density at radius 1 is 1.10 bits per heavy atom. The summed E-state index contributed by atoms with van der Waals surface area (Å²) in [6.45, 7) is 3.46. The monoisotopic (exact) mass is 312 g/mol. The zero-order valence-corrected chi connectivity index (χ0v) is 12.9. The number of hydrogen-bond donors (Lipinski definition) is 1. The van der Waals surface area contributed by atoms with Crippen molar-refractivity contribution in [1.29, 1.82) is 0 Å². The molecule has 0 bridgehead atoms. The number of methoxy groups -OCH3 is 2. The normalized spacial score (nSPS) is 11.2. The van der Waals surface area contributed by atoms with E-state index in [1.165, 1.54) is 26.4 Å². The average molecular weight is 312 g/mol. The van der Waals surface area contributed by atoms with Crippen molar-refractivity contribution in [3.8, 4) is 11.5 Å². The molecule has 0 aliphatic carbocycles. The van der Waals surface area contributed by atoms with Crippen molar-refractivity contribution in [2.75, 3.05) is 18.9 Å². The molecule has 1 aromatic heterocycles. The van der Waals surface area contributed by atoms with Crippen LogP contribution >= 0.6 is 0 Å². The fourth-order valence-corrected chi connectivity index (χ4v) is 2.99. The van der Waals surface area contributed by atoms with Gasteiger partial charge in [0.2, 0.25) is 0 Å². The molecule has 2 aromatic rings. The summed E-state index contributed by atoms with van der Waals surface area (Å²) >= 11 is 0. The molecular weight excluding hydrogens is 296 g/mol. The second-order valence-corrected chi connectivity index (χ2v) is 6.05. The summed E-state index contributed by atoms with van der Waals surface area (Å²) < 4.78 is 42.3. The van der Waals surface area contributed by atoms with Crippen LogP contribution in [0.2, 0.25) is 0 Å². The molecule has 8 heteroatoms. The lowest BCUT2D eigenvalue weighted by molar-refractivity contribution is 0.390. The summed E-state index contributed by atoms with van der Waals surface area (Å²) in [6, 6.07) is 4.49. The van der Waals surface area contributed by atoms with Gasteiger partial charge in [-0.2, -0.15) is 0 Å². The molecule has 7 nitrogen and oxygen atoms in total. The molecule has 0 unspecified atom stereocenters. The summed E-state index contributed by atoms with van der Waals surface area (Å²) in [5, 5.41) is 3.60. The molecule has 0 saturated heterocycles. The highest BCUT2D eigenvalue weighted by molar-refractivity contribution is 7.92. The van der Waals surface area contributed by atoms with E-state index in [0.717, 1.165) is 5.56 Å². The number of aromatic nitrogens is 1. The van der Waals surface area contributed by atoms with E-state index in [-0.39, 0.29) is 16.5 Å². The Balaban J connectivity index is 2.48. The van der Waals surface area contributed by atoms with Gasteiger partial charge in [-0.3, -0.25) is 4.72 Å². The molecule has 21 heavy (non-hydrogen) atoms. The molecule has 0 amide bonds. The number of benzene rings is 1. The Bertz CT molecular complexity index is 752. The third kappa shape index (κ3) is 3.10. The number of hydrogen-bond acceptors (Lipinski definition) is 6. The topological polar surface area (TPSA) is 90.7 Å². The van der Waals surface area contributed by atoms with Crippen LogP contribution in [0.3, 0.4) is 0 Å². The molecule has 0 fully saturated rings. The van der Waals surface area contributed by atoms with Crippen LogP contribution in [0, 0.1) is 13.8 Å². The van der Waals surface area contributed by atoms with Crippen LogP contribution in [-0.4, -0.2) is 27.8 Å². The summed E-state index contributed by atoms with van der Waals surface area (Å²) in [5.41, 5.74) is 0.769. The lowest BCUT2D eigenvalue weighted by Gasteiger charge is -2.13. The Kier molecular flexibility index (Phi) is 4.08. The van der Waals surface area contributed by atoms with Gasteiger partial charge >= 0.3 is 0 Å². The number of ether oxygens (including phenoxy) is 2. The van der Waals surface area contributed by atoms with Crippen molar-refractivity contribution >= 4 is 15.8 Å². The largest absolute Gasteiger partial charge is 0.496 e. The average Bonchev–Trinajstić information content (AvgIpc) is 2.82. The SMILES string of the molecule is COc1cc(S(=O)(=O)Nc2cc(C)on2)c(OC)cc1C. The standard InChI is InChI=1S/C13H16N2O5S/c1-8-5-11(19-4)12(7-10(8)18-3)21(16,17)15-13-6-9(2)20-14-13/h5-7H,1-4H3,(H,14,15). The minimum atomic E-state index is -3.87. The van der Waals surface area contributed by atoms with Gasteiger partial charge < -0.3 is 14.0 Å². The van der Waals surface area contributed by atoms with E-state index in [9.17, 15) is 8.42 Å². The quantitative estimate of drug-likeness (QED) is 0.909. The number of sulfonamides is 1. The first-order valence-corrected chi connectivity index (χ1v) is 7.54. The third-order valence-electron chi connectivity index (χ3n) is 2.84. The first kappa shape index (κ1) is 15.2. The zero-order chi connectivity index (χ0) is 15.6. The number of nitrogens with one attached hydrogen (secondary N) is 1. The number of nitrogens with zero attached hydrogens (tertiary/aromatic N) is 1. The van der Waals surface area contributed by atoms with Gasteiger partial charge in [0, 0.05) is 12.1 Å². The molecule has 0 atom stereocenters. The molecule has 1 heterocycles. The van der Waals surface area contributed by atoms with Gasteiger partial charge in [0.25, 0.3) is 10.0 Å². The van der Waals surface area contributed by atoms with Gasteiger partial charge in [-0.15, -0.1) is 0 Å². The predicted octanol–water partition coefficient (Wildman–Crippen LogP) is 2.11. The lowest BCUT2D eigenvalue weighted by atomic mass is 10.2. The van der Waals surface area contributed by atoms with Crippen molar-refractivity contribution < 1.29 is 22.4 Å². The van der Waals surface area contributed by atoms with E-state index in [4.69, 9.17) is 14.0 Å². The minimum Gasteiger partial charge on any atom is -0.496 e. The Labute approximate surface area is 122 Å². The molecule has 0 radical (unpaired) electrons. The maximum Gasteiger partial charge on any atom is 0.266 e. The molecule has 0 saturated carbocycles. The van der Waals surface area contributed by atoms with Crippen molar-refractivity contribution in [2.45, 2.75) is 18.7 Å². The van der Waals surface area contributed by atoms with Crippen LogP contribution in [0.15, 0.2) is 27.6 Å². The molecule has 114 valence electrons. The van der Waals surface area contributed by atoms with E-state index in [2.05, 4.69) is 9.88 Å². The molecular formula is C13H16N2O5S. The van der Waals surface area contributed by atoms with E-state index in [1.807, 2.05) is 0 Å². The number of aryl methyl sites for hydroxylation is 2. The fourth-order valence-electron chi connectivity index (χ4n) is 1.84. The molecule has 2 rings (SSSR count). The van der Waals surface area contributed by atoms with Crippen LogP contribution < -0.4 is 14.2 Å². The van der Waals surface area contributed by atoms with Crippen LogP contribution in [-0.2, 0) is 10.0 Å². The third-order valence-corrected chi connectivity index (χ3v) is 4.21. The van der Waals surface area contributed by atoms with Crippen LogP contribution in [0.25, 0.3) is 0 Å². The van der Waals surface area contributed by atoms with Gasteiger partial charge in [-0.1, -0.05) is 5.16 Å². The van der Waals surface area contributed by atoms with Crippen molar-refractivity contribution in [3.63, 3.8) is 0 Å². The molecule has 0 aliphatic heterocycles. The molecule has 1 N–H and O–H groups in total. The Morgan fingerprint density at radius 3 is 2.29 bits per heavy atom. The summed E-state index contributed by atoms with van der Waals surface area (Å²) in [4.78, 5) is -0.0342. The highest BCUT2D eigenvalue weighted by Gasteiger charge is 2.23. The first-order valence-electron chi connectivity index (χ1n) is 6.06. The molecule has 0 aliphatic rings. The second kappa shape index (κ2) is 5.65. The van der Waals surface area contributed by atoms with Gasteiger partial charge in [0.05, 0.1) is 14.2 Å². The van der Waals surface area contributed by atoms with Crippen molar-refractivity contribution in [1.82, 2.24) is 5.16 Å². The van der Waals surface area contributed by atoms with Crippen LogP contribution in [0.5, 0.6) is 11.5 Å². The van der Waals surface area contributed by atoms with Gasteiger partial charge in [0.1, 0.15) is 22.2 Å². The van der Waals surface area contributed by atoms with Crippen LogP contribution in [0.4, 0.5) is 5.82 Å². The molecule has 1 aromatic carbocycles. The van der Waals surface area contributed by atoms with E-state index >= 15 is 0 Å². The molecule has 0 spiro atoms. The van der Waals surface area contributed by atoms with Gasteiger partial charge in [-0.25, -0.2) is 8.42 Å². The number of rotatable bonds is 5. The smallest absolute Gasteiger partial charge is 0.266 e. The highest BCUT2D eigenvalue weighted by Crippen LogP contribution is 2.32. The van der Waals surface area contributed by atoms with E-state index < -0.39 is 10.0 Å². The summed E-state index contributed by atoms with van der Waals surface area (Å²) in [5.74, 6) is 1.28. The van der Waals surface area contributed by atoms with Crippen molar-refractivity contribution in [3.05, 3.63) is 29.5 Å². The Morgan fingerprint density at radius 2 is 1.76 bits per heavy atom. The first-order chi connectivity index (χ1) is 9.87. The van der Waals surface area contributed by atoms with Gasteiger partial charge in [0.15, 0.2) is 5.82 Å².